The van der Waals surface area contributed by atoms with E-state index in [0.29, 0.717) is 24.9 Å². The van der Waals surface area contributed by atoms with Gasteiger partial charge in [-0.05, 0) is 37.5 Å². The van der Waals surface area contributed by atoms with Crippen molar-refractivity contribution in [1.29, 1.82) is 0 Å². The molecular weight excluding hydrogens is 256 g/mol. The second kappa shape index (κ2) is 7.50. The number of aliphatic carboxylic acids is 1. The van der Waals surface area contributed by atoms with E-state index in [2.05, 4.69) is 19.2 Å². The number of carboxylic acid groups (broad SMARTS) is 1. The van der Waals surface area contributed by atoms with Gasteiger partial charge in [-0.15, -0.1) is 0 Å². The van der Waals surface area contributed by atoms with Crippen LogP contribution in [0.3, 0.4) is 0 Å². The van der Waals surface area contributed by atoms with Crippen LogP contribution in [0.5, 0.6) is 0 Å². The fourth-order valence-corrected chi connectivity index (χ4v) is 2.16. The molecule has 2 amide bonds. The Hall–Kier alpha value is -1.26. The van der Waals surface area contributed by atoms with E-state index >= 15 is 0 Å². The molecule has 0 bridgehead atoms. The predicted octanol–water partition coefficient (Wildman–Crippen LogP) is 2.71. The Kier molecular flexibility index (Phi) is 6.30. The van der Waals surface area contributed by atoms with E-state index in [1.54, 1.807) is 0 Å². The molecule has 1 aliphatic rings. The number of carbonyl (C=O) groups excluding carboxylic acids is 1. The molecule has 5 heteroatoms. The highest BCUT2D eigenvalue weighted by molar-refractivity contribution is 5.82. The van der Waals surface area contributed by atoms with Crippen LogP contribution in [0.1, 0.15) is 53.4 Å². The molecule has 1 rings (SSSR count). The molecule has 116 valence electrons. The molecule has 0 radical (unpaired) electrons. The zero-order chi connectivity index (χ0) is 15.3. The summed E-state index contributed by atoms with van der Waals surface area (Å²) >= 11 is 0. The molecule has 1 atom stereocenters. The van der Waals surface area contributed by atoms with Crippen LogP contribution in [0.15, 0.2) is 0 Å². The normalized spacial score (nSPS) is 16.3. The smallest absolute Gasteiger partial charge is 0.326 e. The molecule has 1 saturated carbocycles. The van der Waals surface area contributed by atoms with Gasteiger partial charge in [0.25, 0.3) is 0 Å². The van der Waals surface area contributed by atoms with Gasteiger partial charge in [-0.3, -0.25) is 0 Å². The summed E-state index contributed by atoms with van der Waals surface area (Å²) in [6.45, 7) is 8.88. The standard InChI is InChI=1S/C15H28N2O3/c1-10(2)7-8-17(12-5-6-12)15(20)16-13(14(18)19)9-11(3)4/h10-13H,5-9H2,1-4H3,(H,16,20)(H,18,19)/t13-/m1/s1. The molecule has 0 unspecified atom stereocenters. The Balaban J connectivity index is 2.57. The first-order chi connectivity index (χ1) is 9.31. The van der Waals surface area contributed by atoms with Crippen LogP contribution in [-0.4, -0.2) is 40.6 Å². The highest BCUT2D eigenvalue weighted by Gasteiger charge is 2.34. The van der Waals surface area contributed by atoms with Crippen LogP contribution in [0.25, 0.3) is 0 Å². The summed E-state index contributed by atoms with van der Waals surface area (Å²) in [5.74, 6) is -0.178. The molecular formula is C15H28N2O3. The summed E-state index contributed by atoms with van der Waals surface area (Å²) in [6, 6.07) is -0.703. The molecule has 0 heterocycles. The maximum absolute atomic E-state index is 12.3. The first-order valence-electron chi connectivity index (χ1n) is 7.61. The third kappa shape index (κ3) is 5.80. The monoisotopic (exact) mass is 284 g/mol. The van der Waals surface area contributed by atoms with Gasteiger partial charge in [0, 0.05) is 12.6 Å². The molecule has 2 N–H and O–H groups in total. The third-order valence-electron chi connectivity index (χ3n) is 3.50. The lowest BCUT2D eigenvalue weighted by atomic mass is 10.0. The minimum atomic E-state index is -0.952. The number of hydrogen-bond donors (Lipinski definition) is 2. The molecule has 0 aromatic heterocycles. The van der Waals surface area contributed by atoms with E-state index in [1.807, 2.05) is 18.7 Å². The van der Waals surface area contributed by atoms with Crippen LogP contribution in [0, 0.1) is 11.8 Å². The summed E-state index contributed by atoms with van der Waals surface area (Å²) in [5.41, 5.74) is 0. The second-order valence-corrected chi connectivity index (χ2v) is 6.58. The van der Waals surface area contributed by atoms with Crippen molar-refractivity contribution >= 4 is 12.0 Å². The van der Waals surface area contributed by atoms with E-state index in [0.717, 1.165) is 19.3 Å². The average Bonchev–Trinajstić information content (AvgIpc) is 3.11. The zero-order valence-electron chi connectivity index (χ0n) is 13.1. The quantitative estimate of drug-likeness (QED) is 0.720. The summed E-state index contributed by atoms with van der Waals surface area (Å²) in [7, 11) is 0. The Labute approximate surface area is 121 Å². The van der Waals surface area contributed by atoms with Crippen molar-refractivity contribution in [2.75, 3.05) is 6.54 Å². The van der Waals surface area contributed by atoms with Gasteiger partial charge >= 0.3 is 12.0 Å². The lowest BCUT2D eigenvalue weighted by molar-refractivity contribution is -0.139. The van der Waals surface area contributed by atoms with Crippen molar-refractivity contribution in [3.05, 3.63) is 0 Å². The first kappa shape index (κ1) is 16.8. The topological polar surface area (TPSA) is 69.6 Å². The Morgan fingerprint density at radius 3 is 2.20 bits per heavy atom. The number of hydrogen-bond acceptors (Lipinski definition) is 2. The molecule has 0 aromatic carbocycles. The van der Waals surface area contributed by atoms with Crippen molar-refractivity contribution in [1.82, 2.24) is 10.2 Å². The largest absolute Gasteiger partial charge is 0.480 e. The summed E-state index contributed by atoms with van der Waals surface area (Å²) < 4.78 is 0. The van der Waals surface area contributed by atoms with Gasteiger partial charge in [-0.1, -0.05) is 27.7 Å². The lowest BCUT2D eigenvalue weighted by Gasteiger charge is -2.26. The van der Waals surface area contributed by atoms with Gasteiger partial charge in [-0.25, -0.2) is 9.59 Å². The predicted molar refractivity (Wildman–Crippen MR) is 78.6 cm³/mol. The van der Waals surface area contributed by atoms with Crippen LogP contribution in [0.4, 0.5) is 4.79 Å². The fraction of sp³-hybridized carbons (Fsp3) is 0.867. The number of urea groups is 1. The minimum absolute atomic E-state index is 0.221. The van der Waals surface area contributed by atoms with E-state index in [4.69, 9.17) is 0 Å². The number of carboxylic acids is 1. The Bertz CT molecular complexity index is 338. The van der Waals surface area contributed by atoms with E-state index < -0.39 is 12.0 Å². The number of nitrogens with zero attached hydrogens (tertiary/aromatic N) is 1. The Morgan fingerprint density at radius 2 is 1.80 bits per heavy atom. The van der Waals surface area contributed by atoms with E-state index in [-0.39, 0.29) is 11.9 Å². The SMILES string of the molecule is CC(C)CCN(C(=O)N[C@H](CC(C)C)C(=O)O)C1CC1. The van der Waals surface area contributed by atoms with Crippen molar-refractivity contribution in [2.45, 2.75) is 65.5 Å². The minimum Gasteiger partial charge on any atom is -0.480 e. The molecule has 1 aliphatic carbocycles. The summed E-state index contributed by atoms with van der Waals surface area (Å²) in [4.78, 5) is 25.3. The lowest BCUT2D eigenvalue weighted by Crippen LogP contribution is -2.49. The maximum Gasteiger partial charge on any atom is 0.326 e. The zero-order valence-corrected chi connectivity index (χ0v) is 13.1. The molecule has 0 saturated heterocycles. The second-order valence-electron chi connectivity index (χ2n) is 6.58. The number of carbonyl (C=O) groups is 2. The number of nitrogens with one attached hydrogen (secondary N) is 1. The number of amides is 2. The van der Waals surface area contributed by atoms with Crippen molar-refractivity contribution in [2.24, 2.45) is 11.8 Å². The Morgan fingerprint density at radius 1 is 1.20 bits per heavy atom. The molecule has 0 spiro atoms. The molecule has 20 heavy (non-hydrogen) atoms. The van der Waals surface area contributed by atoms with Crippen molar-refractivity contribution in [3.63, 3.8) is 0 Å². The third-order valence-corrected chi connectivity index (χ3v) is 3.50. The first-order valence-corrected chi connectivity index (χ1v) is 7.61. The summed E-state index contributed by atoms with van der Waals surface area (Å²) in [5, 5.41) is 11.9. The average molecular weight is 284 g/mol. The van der Waals surface area contributed by atoms with Crippen molar-refractivity contribution in [3.8, 4) is 0 Å². The molecule has 0 aromatic rings. The van der Waals surface area contributed by atoms with Crippen LogP contribution in [-0.2, 0) is 4.79 Å². The maximum atomic E-state index is 12.3. The molecule has 1 fully saturated rings. The van der Waals surface area contributed by atoms with Gasteiger partial charge in [0.15, 0.2) is 0 Å². The van der Waals surface area contributed by atoms with Gasteiger partial charge in [0.2, 0.25) is 0 Å². The number of rotatable bonds is 8. The highest BCUT2D eigenvalue weighted by atomic mass is 16.4. The van der Waals surface area contributed by atoms with E-state index in [9.17, 15) is 14.7 Å². The molecule has 0 aliphatic heterocycles. The van der Waals surface area contributed by atoms with Gasteiger partial charge in [-0.2, -0.15) is 0 Å². The highest BCUT2D eigenvalue weighted by Crippen LogP contribution is 2.27. The van der Waals surface area contributed by atoms with Gasteiger partial charge < -0.3 is 15.3 Å². The van der Waals surface area contributed by atoms with Gasteiger partial charge in [0.1, 0.15) is 6.04 Å². The van der Waals surface area contributed by atoms with Crippen molar-refractivity contribution < 1.29 is 14.7 Å². The van der Waals surface area contributed by atoms with Gasteiger partial charge in [0.05, 0.1) is 0 Å². The summed E-state index contributed by atoms with van der Waals surface area (Å²) in [6.07, 6.45) is 3.48. The van der Waals surface area contributed by atoms with Crippen LogP contribution in [0.2, 0.25) is 0 Å². The molecule has 5 nitrogen and oxygen atoms in total. The van der Waals surface area contributed by atoms with Crippen LogP contribution < -0.4 is 5.32 Å². The fourth-order valence-electron chi connectivity index (χ4n) is 2.16. The van der Waals surface area contributed by atoms with E-state index in [1.165, 1.54) is 0 Å². The van der Waals surface area contributed by atoms with Crippen LogP contribution >= 0.6 is 0 Å².